The van der Waals surface area contributed by atoms with E-state index in [9.17, 15) is 18.0 Å². The monoisotopic (exact) mass is 460 g/mol. The van der Waals surface area contributed by atoms with Gasteiger partial charge in [0, 0.05) is 37.2 Å². The summed E-state index contributed by atoms with van der Waals surface area (Å²) in [4.78, 5) is 24.9. The summed E-state index contributed by atoms with van der Waals surface area (Å²) in [6.45, 7) is 4.75. The molecular weight excluding hydrogens is 432 g/mol. The summed E-state index contributed by atoms with van der Waals surface area (Å²) >= 11 is 0. The van der Waals surface area contributed by atoms with Gasteiger partial charge in [-0.3, -0.25) is 14.9 Å². The normalized spacial score (nSPS) is 22.4. The number of nitrogens with zero attached hydrogens (tertiary/aromatic N) is 3. The Morgan fingerprint density at radius 3 is 2.50 bits per heavy atom. The molecule has 2 atom stereocenters. The van der Waals surface area contributed by atoms with Crippen LogP contribution >= 0.6 is 0 Å². The van der Waals surface area contributed by atoms with Crippen LogP contribution < -0.4 is 16.0 Å². The van der Waals surface area contributed by atoms with Crippen molar-refractivity contribution in [3.8, 4) is 0 Å². The maximum atomic E-state index is 12.8. The number of hydrogen-bond donors (Lipinski definition) is 3. The Morgan fingerprint density at radius 1 is 1.16 bits per heavy atom. The molecule has 1 aromatic heterocycles. The first-order valence-electron chi connectivity index (χ1n) is 10.8. The zero-order chi connectivity index (χ0) is 22.9. The summed E-state index contributed by atoms with van der Waals surface area (Å²) in [5.41, 5.74) is 1.000. The maximum Gasteiger partial charge on any atom is 0.256 e. The highest BCUT2D eigenvalue weighted by atomic mass is 32.2. The van der Waals surface area contributed by atoms with Gasteiger partial charge in [-0.2, -0.15) is 9.40 Å². The number of carbonyl (C=O) groups excluding carboxylic acids is 2. The van der Waals surface area contributed by atoms with E-state index < -0.39 is 22.2 Å². The van der Waals surface area contributed by atoms with Crippen molar-refractivity contribution in [3.63, 3.8) is 0 Å². The fourth-order valence-electron chi connectivity index (χ4n) is 4.02. The van der Waals surface area contributed by atoms with Gasteiger partial charge in [-0.15, -0.1) is 0 Å². The Balaban J connectivity index is 1.50. The zero-order valence-electron chi connectivity index (χ0n) is 18.2. The SMILES string of the molecule is Cc1cc(NC(=O)c2ccc(S(=O)(=O)N3CCCCC3)cc2)n(C2NC(=O)CC(C)N2)n1. The second-order valence-corrected chi connectivity index (χ2v) is 10.2. The van der Waals surface area contributed by atoms with Gasteiger partial charge in [0.1, 0.15) is 5.82 Å². The number of rotatable bonds is 5. The second kappa shape index (κ2) is 9.00. The molecule has 172 valence electrons. The van der Waals surface area contributed by atoms with E-state index in [0.29, 0.717) is 36.6 Å². The molecule has 11 heteroatoms. The maximum absolute atomic E-state index is 12.8. The van der Waals surface area contributed by atoms with Crippen LogP contribution in [-0.4, -0.2) is 53.4 Å². The van der Waals surface area contributed by atoms with Crippen molar-refractivity contribution in [2.24, 2.45) is 0 Å². The van der Waals surface area contributed by atoms with E-state index in [1.54, 1.807) is 13.0 Å². The van der Waals surface area contributed by atoms with Gasteiger partial charge in [-0.25, -0.2) is 13.1 Å². The van der Waals surface area contributed by atoms with E-state index in [1.165, 1.54) is 33.3 Å². The molecule has 1 aromatic carbocycles. The van der Waals surface area contributed by atoms with Crippen LogP contribution in [0.4, 0.5) is 5.82 Å². The van der Waals surface area contributed by atoms with Gasteiger partial charge in [-0.1, -0.05) is 6.42 Å². The number of nitrogens with one attached hydrogen (secondary N) is 3. The summed E-state index contributed by atoms with van der Waals surface area (Å²) in [6.07, 6.45) is 2.56. The third-order valence-electron chi connectivity index (χ3n) is 5.65. The van der Waals surface area contributed by atoms with Gasteiger partial charge < -0.3 is 10.6 Å². The highest BCUT2D eigenvalue weighted by molar-refractivity contribution is 7.89. The van der Waals surface area contributed by atoms with E-state index >= 15 is 0 Å². The lowest BCUT2D eigenvalue weighted by Gasteiger charge is -2.30. The molecule has 2 fully saturated rings. The number of carbonyl (C=O) groups is 2. The Morgan fingerprint density at radius 2 is 1.84 bits per heavy atom. The quantitative estimate of drug-likeness (QED) is 0.622. The first kappa shape index (κ1) is 22.4. The van der Waals surface area contributed by atoms with E-state index in [0.717, 1.165) is 19.3 Å². The smallest absolute Gasteiger partial charge is 0.256 e. The highest BCUT2D eigenvalue weighted by Crippen LogP contribution is 2.22. The lowest BCUT2D eigenvalue weighted by atomic mass is 10.2. The summed E-state index contributed by atoms with van der Waals surface area (Å²) in [7, 11) is -3.55. The molecule has 0 bridgehead atoms. The van der Waals surface area contributed by atoms with Crippen molar-refractivity contribution in [2.75, 3.05) is 18.4 Å². The Kier molecular flexibility index (Phi) is 6.31. The van der Waals surface area contributed by atoms with Crippen LogP contribution in [0.1, 0.15) is 54.9 Å². The van der Waals surface area contributed by atoms with Crippen LogP contribution in [0.5, 0.6) is 0 Å². The third kappa shape index (κ3) is 4.69. The number of anilines is 1. The molecule has 3 heterocycles. The molecule has 2 aromatic rings. The van der Waals surface area contributed by atoms with Gasteiger partial charge in [0.05, 0.1) is 10.6 Å². The Labute approximate surface area is 187 Å². The van der Waals surface area contributed by atoms with Crippen molar-refractivity contribution in [3.05, 3.63) is 41.6 Å². The van der Waals surface area contributed by atoms with Crippen LogP contribution in [0.2, 0.25) is 0 Å². The van der Waals surface area contributed by atoms with Crippen molar-refractivity contribution in [2.45, 2.75) is 56.8 Å². The van der Waals surface area contributed by atoms with Gasteiger partial charge in [0.2, 0.25) is 15.9 Å². The fourth-order valence-corrected chi connectivity index (χ4v) is 5.54. The number of sulfonamides is 1. The highest BCUT2D eigenvalue weighted by Gasteiger charge is 2.28. The first-order chi connectivity index (χ1) is 15.2. The van der Waals surface area contributed by atoms with Gasteiger partial charge in [0.25, 0.3) is 5.91 Å². The number of benzene rings is 1. The lowest BCUT2D eigenvalue weighted by Crippen LogP contribution is -2.52. The molecule has 3 N–H and O–H groups in total. The minimum absolute atomic E-state index is 0.0313. The molecular formula is C21H28N6O4S. The average Bonchev–Trinajstić information content (AvgIpc) is 3.13. The predicted octanol–water partition coefficient (Wildman–Crippen LogP) is 1.57. The third-order valence-corrected chi connectivity index (χ3v) is 7.56. The Hall–Kier alpha value is -2.76. The van der Waals surface area contributed by atoms with Crippen LogP contribution in [0.15, 0.2) is 35.2 Å². The molecule has 10 nitrogen and oxygen atoms in total. The van der Waals surface area contributed by atoms with E-state index in [2.05, 4.69) is 21.0 Å². The molecule has 0 spiro atoms. The zero-order valence-corrected chi connectivity index (χ0v) is 19.0. The summed E-state index contributed by atoms with van der Waals surface area (Å²) < 4.78 is 28.6. The summed E-state index contributed by atoms with van der Waals surface area (Å²) in [6, 6.07) is 7.61. The predicted molar refractivity (Wildman–Crippen MR) is 118 cm³/mol. The molecule has 2 unspecified atom stereocenters. The van der Waals surface area contributed by atoms with Gasteiger partial charge in [0.15, 0.2) is 6.29 Å². The number of amides is 2. The van der Waals surface area contributed by atoms with Gasteiger partial charge >= 0.3 is 0 Å². The summed E-state index contributed by atoms with van der Waals surface area (Å²) in [5.74, 6) is -0.0788. The second-order valence-electron chi connectivity index (χ2n) is 8.30. The molecule has 4 rings (SSSR count). The van der Waals surface area contributed by atoms with Gasteiger partial charge in [-0.05, 0) is 51.0 Å². The van der Waals surface area contributed by atoms with Crippen LogP contribution in [-0.2, 0) is 14.8 Å². The van der Waals surface area contributed by atoms with E-state index in [1.807, 2.05) is 6.92 Å². The lowest BCUT2D eigenvalue weighted by molar-refractivity contribution is -0.125. The Bertz CT molecular complexity index is 1110. The van der Waals surface area contributed by atoms with Crippen molar-refractivity contribution in [1.29, 1.82) is 0 Å². The van der Waals surface area contributed by atoms with Crippen molar-refractivity contribution in [1.82, 2.24) is 24.7 Å². The van der Waals surface area contributed by atoms with E-state index in [-0.39, 0.29) is 16.8 Å². The molecule has 2 aliphatic heterocycles. The molecule has 2 saturated heterocycles. The van der Waals surface area contributed by atoms with E-state index in [4.69, 9.17) is 0 Å². The first-order valence-corrected chi connectivity index (χ1v) is 12.2. The van der Waals surface area contributed by atoms with Crippen molar-refractivity contribution >= 4 is 27.7 Å². The molecule has 0 saturated carbocycles. The molecule has 2 aliphatic rings. The van der Waals surface area contributed by atoms with Crippen LogP contribution in [0.3, 0.4) is 0 Å². The fraction of sp³-hybridized carbons (Fsp3) is 0.476. The van der Waals surface area contributed by atoms with Crippen LogP contribution in [0.25, 0.3) is 0 Å². The number of aromatic nitrogens is 2. The molecule has 2 amide bonds. The minimum atomic E-state index is -3.55. The number of piperidine rings is 1. The van der Waals surface area contributed by atoms with Crippen LogP contribution in [0, 0.1) is 6.92 Å². The largest absolute Gasteiger partial charge is 0.322 e. The van der Waals surface area contributed by atoms with Crippen molar-refractivity contribution < 1.29 is 18.0 Å². The number of aryl methyl sites for hydroxylation is 1. The minimum Gasteiger partial charge on any atom is -0.322 e. The standard InChI is InChI=1S/C21H28N6O4S/c1-14-13-19(28)24-21(22-14)27-18(12-15(2)25-27)23-20(29)16-6-8-17(9-7-16)32(30,31)26-10-4-3-5-11-26/h6-9,12,14,21-22H,3-5,10-11,13H2,1-2H3,(H,23,29)(H,24,28). The molecule has 0 radical (unpaired) electrons. The topological polar surface area (TPSA) is 125 Å². The molecule has 32 heavy (non-hydrogen) atoms. The summed E-state index contributed by atoms with van der Waals surface area (Å²) in [5, 5.41) is 13.2. The average molecular weight is 461 g/mol. The number of hydrogen-bond acceptors (Lipinski definition) is 6. The molecule has 0 aliphatic carbocycles.